The molecule has 0 aromatic heterocycles. The number of aryl methyl sites for hydroxylation is 1. The van der Waals surface area contributed by atoms with E-state index in [0.29, 0.717) is 0 Å². The van der Waals surface area contributed by atoms with Crippen LogP contribution in [0.4, 0.5) is 4.39 Å². The average Bonchev–Trinajstić information content (AvgIpc) is 2.39. The summed E-state index contributed by atoms with van der Waals surface area (Å²) in [4.78, 5) is 2.26. The molecular weight excluding hydrogens is 239 g/mol. The third-order valence-electron chi connectivity index (χ3n) is 4.49. The summed E-state index contributed by atoms with van der Waals surface area (Å²) in [6.07, 6.45) is 2.02. The van der Waals surface area contributed by atoms with Crippen LogP contribution in [0.5, 0.6) is 0 Å². The minimum absolute atomic E-state index is 0.00664. The van der Waals surface area contributed by atoms with Crippen molar-refractivity contribution in [3.8, 4) is 0 Å². The van der Waals surface area contributed by atoms with Crippen LogP contribution >= 0.6 is 0 Å². The van der Waals surface area contributed by atoms with E-state index < -0.39 is 0 Å². The van der Waals surface area contributed by atoms with Crippen molar-refractivity contribution < 1.29 is 4.39 Å². The molecule has 1 aromatic rings. The molecule has 0 saturated carbocycles. The van der Waals surface area contributed by atoms with Gasteiger partial charge < -0.3 is 10.2 Å². The Morgan fingerprint density at radius 1 is 1.26 bits per heavy atom. The number of nitrogens with one attached hydrogen (secondary N) is 1. The van der Waals surface area contributed by atoms with Gasteiger partial charge in [0.05, 0.1) is 6.04 Å². The van der Waals surface area contributed by atoms with Crippen LogP contribution in [-0.4, -0.2) is 31.6 Å². The molecule has 0 aliphatic carbocycles. The number of hydrogen-bond acceptors (Lipinski definition) is 2. The van der Waals surface area contributed by atoms with Crippen molar-refractivity contribution in [2.75, 3.05) is 21.1 Å². The van der Waals surface area contributed by atoms with Gasteiger partial charge in [-0.15, -0.1) is 0 Å². The highest BCUT2D eigenvalue weighted by Crippen LogP contribution is 2.37. The van der Waals surface area contributed by atoms with Crippen LogP contribution < -0.4 is 5.32 Å². The number of nitrogens with zero attached hydrogens (tertiary/aromatic N) is 1. The molecule has 108 valence electrons. The van der Waals surface area contributed by atoms with E-state index >= 15 is 0 Å². The first kappa shape index (κ1) is 16.1. The zero-order valence-corrected chi connectivity index (χ0v) is 13.0. The van der Waals surface area contributed by atoms with Crippen molar-refractivity contribution in [3.63, 3.8) is 0 Å². The second-order valence-electron chi connectivity index (χ2n) is 5.43. The maximum Gasteiger partial charge on any atom is 0.123 e. The van der Waals surface area contributed by atoms with Crippen LogP contribution in [0.2, 0.25) is 0 Å². The van der Waals surface area contributed by atoms with Crippen LogP contribution in [0.15, 0.2) is 18.2 Å². The Hall–Kier alpha value is -0.930. The highest BCUT2D eigenvalue weighted by Gasteiger charge is 2.38. The molecule has 0 spiro atoms. The van der Waals surface area contributed by atoms with Gasteiger partial charge in [0.1, 0.15) is 5.82 Å². The molecule has 0 radical (unpaired) electrons. The Morgan fingerprint density at radius 3 is 2.26 bits per heavy atom. The van der Waals surface area contributed by atoms with Crippen LogP contribution in [0, 0.1) is 12.7 Å². The van der Waals surface area contributed by atoms with Crippen LogP contribution in [0.1, 0.15) is 43.9 Å². The molecule has 1 rings (SSSR count). The van der Waals surface area contributed by atoms with Gasteiger partial charge >= 0.3 is 0 Å². The monoisotopic (exact) mass is 266 g/mol. The Bertz CT molecular complexity index is 411. The third-order valence-corrected chi connectivity index (χ3v) is 4.49. The second-order valence-corrected chi connectivity index (χ2v) is 5.43. The van der Waals surface area contributed by atoms with Gasteiger partial charge in [-0.25, -0.2) is 4.39 Å². The fraction of sp³-hybridized carbons (Fsp3) is 0.625. The molecule has 2 nitrogen and oxygen atoms in total. The van der Waals surface area contributed by atoms with Crippen molar-refractivity contribution in [1.82, 2.24) is 10.2 Å². The SMILES string of the molecule is CCC(CC)(C(NC)c1cc(F)ccc1C)N(C)C. The van der Waals surface area contributed by atoms with Crippen molar-refractivity contribution in [1.29, 1.82) is 0 Å². The van der Waals surface area contributed by atoms with E-state index in [1.54, 1.807) is 6.07 Å². The molecule has 0 heterocycles. The molecule has 1 atom stereocenters. The van der Waals surface area contributed by atoms with Crippen molar-refractivity contribution in [2.24, 2.45) is 0 Å². The lowest BCUT2D eigenvalue weighted by atomic mass is 9.78. The molecule has 0 bridgehead atoms. The van der Waals surface area contributed by atoms with Crippen molar-refractivity contribution in [2.45, 2.75) is 45.2 Å². The van der Waals surface area contributed by atoms with E-state index in [1.807, 2.05) is 20.0 Å². The van der Waals surface area contributed by atoms with Gasteiger partial charge in [0.15, 0.2) is 0 Å². The van der Waals surface area contributed by atoms with E-state index in [4.69, 9.17) is 0 Å². The number of halogens is 1. The molecule has 1 N–H and O–H groups in total. The minimum atomic E-state index is -0.166. The quantitative estimate of drug-likeness (QED) is 0.847. The molecule has 0 saturated heterocycles. The maximum absolute atomic E-state index is 13.6. The van der Waals surface area contributed by atoms with E-state index in [9.17, 15) is 4.39 Å². The Morgan fingerprint density at radius 2 is 1.84 bits per heavy atom. The zero-order chi connectivity index (χ0) is 14.6. The predicted molar refractivity (Wildman–Crippen MR) is 79.9 cm³/mol. The van der Waals surface area contributed by atoms with Gasteiger partial charge in [-0.3, -0.25) is 0 Å². The lowest BCUT2D eigenvalue weighted by Gasteiger charge is -2.45. The number of hydrogen-bond donors (Lipinski definition) is 1. The molecule has 0 aliphatic rings. The van der Waals surface area contributed by atoms with Gasteiger partial charge in [0, 0.05) is 5.54 Å². The number of rotatable bonds is 6. The standard InChI is InChI=1S/C16H27FN2/c1-7-16(8-2,19(5)6)15(18-4)14-11-13(17)10-9-12(14)3/h9-11,15,18H,7-8H2,1-6H3. The maximum atomic E-state index is 13.6. The van der Waals surface area contributed by atoms with Gasteiger partial charge in [0.2, 0.25) is 0 Å². The molecule has 0 amide bonds. The zero-order valence-electron chi connectivity index (χ0n) is 13.0. The lowest BCUT2D eigenvalue weighted by molar-refractivity contribution is 0.0914. The summed E-state index contributed by atoms with van der Waals surface area (Å²) in [7, 11) is 6.16. The predicted octanol–water partition coefficient (Wildman–Crippen LogP) is 3.52. The highest BCUT2D eigenvalue weighted by molar-refractivity contribution is 5.32. The van der Waals surface area contributed by atoms with E-state index in [2.05, 4.69) is 38.2 Å². The van der Waals surface area contributed by atoms with Crippen LogP contribution in [-0.2, 0) is 0 Å². The first-order valence-corrected chi connectivity index (χ1v) is 7.03. The summed E-state index contributed by atoms with van der Waals surface area (Å²) in [5.41, 5.74) is 2.18. The number of likely N-dealkylation sites (N-methyl/N-ethyl adjacent to an activating group) is 2. The van der Waals surface area contributed by atoms with Gasteiger partial charge in [0.25, 0.3) is 0 Å². The first-order chi connectivity index (χ1) is 8.92. The summed E-state index contributed by atoms with van der Waals surface area (Å²) in [5.74, 6) is -0.166. The van der Waals surface area contributed by atoms with E-state index in [0.717, 1.165) is 24.0 Å². The van der Waals surface area contributed by atoms with E-state index in [1.165, 1.54) is 6.07 Å². The van der Waals surface area contributed by atoms with Crippen LogP contribution in [0.25, 0.3) is 0 Å². The average molecular weight is 266 g/mol. The van der Waals surface area contributed by atoms with Crippen molar-refractivity contribution >= 4 is 0 Å². The largest absolute Gasteiger partial charge is 0.311 e. The van der Waals surface area contributed by atoms with Gasteiger partial charge in [-0.1, -0.05) is 19.9 Å². The normalized spacial score (nSPS) is 13.9. The minimum Gasteiger partial charge on any atom is -0.311 e. The molecule has 1 aromatic carbocycles. The topological polar surface area (TPSA) is 15.3 Å². The Labute approximate surface area is 117 Å². The molecule has 0 fully saturated rings. The fourth-order valence-corrected chi connectivity index (χ4v) is 3.18. The summed E-state index contributed by atoms with van der Waals surface area (Å²) in [6, 6.07) is 5.18. The smallest absolute Gasteiger partial charge is 0.123 e. The van der Waals surface area contributed by atoms with Gasteiger partial charge in [-0.2, -0.15) is 0 Å². The third kappa shape index (κ3) is 2.98. The summed E-state index contributed by atoms with van der Waals surface area (Å²) < 4.78 is 13.6. The molecular formula is C16H27FN2. The van der Waals surface area contributed by atoms with Gasteiger partial charge in [-0.05, 0) is 64.2 Å². The molecule has 19 heavy (non-hydrogen) atoms. The summed E-state index contributed by atoms with van der Waals surface area (Å²) in [5, 5.41) is 3.40. The summed E-state index contributed by atoms with van der Waals surface area (Å²) in [6.45, 7) is 6.44. The molecule has 0 aliphatic heterocycles. The Balaban J connectivity index is 3.35. The van der Waals surface area contributed by atoms with E-state index in [-0.39, 0.29) is 17.4 Å². The van der Waals surface area contributed by atoms with Crippen molar-refractivity contribution in [3.05, 3.63) is 35.1 Å². The lowest BCUT2D eigenvalue weighted by Crippen LogP contribution is -2.52. The fourth-order valence-electron chi connectivity index (χ4n) is 3.18. The molecule has 1 unspecified atom stereocenters. The highest BCUT2D eigenvalue weighted by atomic mass is 19.1. The second kappa shape index (κ2) is 6.49. The summed E-state index contributed by atoms with van der Waals surface area (Å²) >= 11 is 0. The van der Waals surface area contributed by atoms with Crippen LogP contribution in [0.3, 0.4) is 0 Å². The molecule has 3 heteroatoms. The first-order valence-electron chi connectivity index (χ1n) is 7.03. The Kier molecular flexibility index (Phi) is 5.50. The number of benzene rings is 1.